The zero-order valence-corrected chi connectivity index (χ0v) is 11.3. The Morgan fingerprint density at radius 3 is 2.95 bits per heavy atom. The van der Waals surface area contributed by atoms with E-state index in [9.17, 15) is 9.59 Å². The molecule has 5 heteroatoms. The third kappa shape index (κ3) is 3.26. The van der Waals surface area contributed by atoms with Gasteiger partial charge in [0.15, 0.2) is 6.10 Å². The zero-order valence-electron chi connectivity index (χ0n) is 11.3. The van der Waals surface area contributed by atoms with Crippen LogP contribution in [-0.2, 0) is 9.59 Å². The molecular formula is C15H16N2O3. The highest BCUT2D eigenvalue weighted by atomic mass is 16.5. The molecule has 2 N–H and O–H groups in total. The molecular weight excluding hydrogens is 256 g/mol. The molecule has 5 nitrogen and oxygen atoms in total. The van der Waals surface area contributed by atoms with Crippen LogP contribution in [0, 0.1) is 0 Å². The van der Waals surface area contributed by atoms with Gasteiger partial charge in [-0.2, -0.15) is 0 Å². The largest absolute Gasteiger partial charge is 0.479 e. The molecule has 0 bridgehead atoms. The van der Waals surface area contributed by atoms with Gasteiger partial charge in [-0.15, -0.1) is 0 Å². The van der Waals surface area contributed by atoms with Crippen LogP contribution in [0.4, 0.5) is 11.4 Å². The lowest BCUT2D eigenvalue weighted by Crippen LogP contribution is -2.34. The summed E-state index contributed by atoms with van der Waals surface area (Å²) in [7, 11) is 0. The summed E-state index contributed by atoms with van der Waals surface area (Å²) in [6.45, 7) is 3.55. The average molecular weight is 272 g/mol. The smallest absolute Gasteiger partial charge is 0.265 e. The van der Waals surface area contributed by atoms with Crippen LogP contribution in [0.5, 0.6) is 5.75 Å². The molecule has 20 heavy (non-hydrogen) atoms. The quantitative estimate of drug-likeness (QED) is 0.656. The monoisotopic (exact) mass is 272 g/mol. The number of allylic oxidation sites excluding steroid dienone is 3. The van der Waals surface area contributed by atoms with Gasteiger partial charge in [0.2, 0.25) is 5.91 Å². The van der Waals surface area contributed by atoms with E-state index in [1.807, 2.05) is 13.0 Å². The van der Waals surface area contributed by atoms with Crippen molar-refractivity contribution in [2.24, 2.45) is 0 Å². The van der Waals surface area contributed by atoms with E-state index in [4.69, 9.17) is 4.74 Å². The highest BCUT2D eigenvalue weighted by Gasteiger charge is 2.23. The Labute approximate surface area is 117 Å². The molecule has 1 unspecified atom stereocenters. The van der Waals surface area contributed by atoms with Gasteiger partial charge in [-0.25, -0.2) is 0 Å². The van der Waals surface area contributed by atoms with Crippen LogP contribution in [0.1, 0.15) is 13.8 Å². The van der Waals surface area contributed by atoms with Crippen LogP contribution in [0.15, 0.2) is 42.5 Å². The molecule has 0 fully saturated rings. The van der Waals surface area contributed by atoms with Crippen LogP contribution in [0.25, 0.3) is 0 Å². The average Bonchev–Trinajstić information content (AvgIpc) is 2.41. The summed E-state index contributed by atoms with van der Waals surface area (Å²) in [4.78, 5) is 23.1. The molecule has 1 heterocycles. The molecule has 0 radical (unpaired) electrons. The summed E-state index contributed by atoms with van der Waals surface area (Å²) >= 11 is 0. The number of fused-ring (bicyclic) bond motifs is 1. The van der Waals surface area contributed by atoms with Crippen LogP contribution in [0.3, 0.4) is 0 Å². The molecule has 2 amide bonds. The fourth-order valence-corrected chi connectivity index (χ4v) is 1.72. The van der Waals surface area contributed by atoms with Gasteiger partial charge in [-0.05, 0) is 32.0 Å². The topological polar surface area (TPSA) is 67.4 Å². The summed E-state index contributed by atoms with van der Waals surface area (Å²) in [5, 5.41) is 5.44. The second kappa shape index (κ2) is 6.06. The van der Waals surface area contributed by atoms with Crippen molar-refractivity contribution >= 4 is 23.2 Å². The van der Waals surface area contributed by atoms with E-state index in [2.05, 4.69) is 10.6 Å². The number of hydrogen-bond donors (Lipinski definition) is 2. The summed E-state index contributed by atoms with van der Waals surface area (Å²) in [6, 6.07) is 5.11. The van der Waals surface area contributed by atoms with Crippen molar-refractivity contribution in [1.82, 2.24) is 0 Å². The van der Waals surface area contributed by atoms with E-state index in [0.29, 0.717) is 17.1 Å². The van der Waals surface area contributed by atoms with Crippen molar-refractivity contribution in [1.29, 1.82) is 0 Å². The summed E-state index contributed by atoms with van der Waals surface area (Å²) in [6.07, 6.45) is 6.17. The van der Waals surface area contributed by atoms with Gasteiger partial charge in [-0.3, -0.25) is 9.59 Å². The Kier molecular flexibility index (Phi) is 4.20. The third-order valence-electron chi connectivity index (χ3n) is 2.73. The number of carbonyl (C=O) groups excluding carboxylic acids is 2. The number of hydrogen-bond acceptors (Lipinski definition) is 3. The third-order valence-corrected chi connectivity index (χ3v) is 2.73. The highest BCUT2D eigenvalue weighted by molar-refractivity contribution is 6.01. The number of ether oxygens (including phenoxy) is 1. The number of rotatable bonds is 3. The zero-order chi connectivity index (χ0) is 14.5. The standard InChI is InChI=1S/C15H16N2O3/c1-3-4-5-6-14(18)16-11-7-8-13-12(9-11)17-15(19)10(2)20-13/h3-10H,1-2H3,(H,16,18)(H,17,19)/b4-3+,6-5+. The molecule has 2 rings (SSSR count). The van der Waals surface area contributed by atoms with Gasteiger partial charge in [-0.1, -0.05) is 18.2 Å². The van der Waals surface area contributed by atoms with Gasteiger partial charge in [0.25, 0.3) is 5.91 Å². The van der Waals surface area contributed by atoms with Crippen molar-refractivity contribution in [3.8, 4) is 5.75 Å². The molecule has 0 aliphatic carbocycles. The van der Waals surface area contributed by atoms with Crippen molar-refractivity contribution in [2.45, 2.75) is 20.0 Å². The minimum atomic E-state index is -0.508. The van der Waals surface area contributed by atoms with Gasteiger partial charge < -0.3 is 15.4 Å². The highest BCUT2D eigenvalue weighted by Crippen LogP contribution is 2.32. The van der Waals surface area contributed by atoms with Crippen LogP contribution in [0.2, 0.25) is 0 Å². The molecule has 104 valence electrons. The molecule has 0 aromatic heterocycles. The van der Waals surface area contributed by atoms with Gasteiger partial charge >= 0.3 is 0 Å². The number of benzene rings is 1. The minimum Gasteiger partial charge on any atom is -0.479 e. The summed E-state index contributed by atoms with van der Waals surface area (Å²) in [5.41, 5.74) is 1.15. The summed E-state index contributed by atoms with van der Waals surface area (Å²) in [5.74, 6) is 0.160. The molecule has 1 aliphatic rings. The van der Waals surface area contributed by atoms with Crippen molar-refractivity contribution in [3.05, 3.63) is 42.5 Å². The van der Waals surface area contributed by atoms with Gasteiger partial charge in [0, 0.05) is 11.8 Å². The lowest BCUT2D eigenvalue weighted by molar-refractivity contribution is -0.122. The second-order valence-electron chi connectivity index (χ2n) is 4.33. The van der Waals surface area contributed by atoms with Crippen molar-refractivity contribution in [2.75, 3.05) is 10.6 Å². The predicted molar refractivity (Wildman–Crippen MR) is 77.7 cm³/mol. The first-order valence-corrected chi connectivity index (χ1v) is 6.32. The van der Waals surface area contributed by atoms with E-state index >= 15 is 0 Å². The normalized spacial score (nSPS) is 17.7. The molecule has 1 aliphatic heterocycles. The molecule has 0 spiro atoms. The molecule has 1 aromatic carbocycles. The van der Waals surface area contributed by atoms with E-state index in [0.717, 1.165) is 0 Å². The maximum atomic E-state index is 11.6. The van der Waals surface area contributed by atoms with E-state index in [1.165, 1.54) is 6.08 Å². The van der Waals surface area contributed by atoms with Gasteiger partial charge in [0.1, 0.15) is 5.75 Å². The van der Waals surface area contributed by atoms with E-state index in [-0.39, 0.29) is 11.8 Å². The first kappa shape index (κ1) is 13.9. The Morgan fingerprint density at radius 1 is 1.40 bits per heavy atom. The fourth-order valence-electron chi connectivity index (χ4n) is 1.72. The Bertz CT molecular complexity index is 591. The maximum Gasteiger partial charge on any atom is 0.265 e. The lowest BCUT2D eigenvalue weighted by Gasteiger charge is -2.23. The molecule has 0 saturated heterocycles. The van der Waals surface area contributed by atoms with Crippen molar-refractivity contribution < 1.29 is 14.3 Å². The maximum absolute atomic E-state index is 11.6. The van der Waals surface area contributed by atoms with Crippen LogP contribution >= 0.6 is 0 Å². The number of anilines is 2. The summed E-state index contributed by atoms with van der Waals surface area (Å²) < 4.78 is 5.44. The molecule has 1 aromatic rings. The Hall–Kier alpha value is -2.56. The predicted octanol–water partition coefficient (Wildman–Crippen LogP) is 2.48. The minimum absolute atomic E-state index is 0.200. The van der Waals surface area contributed by atoms with Crippen LogP contribution in [-0.4, -0.2) is 17.9 Å². The Morgan fingerprint density at radius 2 is 2.20 bits per heavy atom. The van der Waals surface area contributed by atoms with E-state index < -0.39 is 6.10 Å². The Balaban J connectivity index is 2.10. The first-order chi connectivity index (χ1) is 9.60. The van der Waals surface area contributed by atoms with Crippen molar-refractivity contribution in [3.63, 3.8) is 0 Å². The fraction of sp³-hybridized carbons (Fsp3) is 0.200. The first-order valence-electron chi connectivity index (χ1n) is 6.32. The lowest BCUT2D eigenvalue weighted by atomic mass is 10.2. The SMILES string of the molecule is C/C=C/C=C/C(=O)Nc1ccc2c(c1)NC(=O)C(C)O2. The van der Waals surface area contributed by atoms with Crippen LogP contribution < -0.4 is 15.4 Å². The number of nitrogens with one attached hydrogen (secondary N) is 2. The number of amides is 2. The van der Waals surface area contributed by atoms with Gasteiger partial charge in [0.05, 0.1) is 5.69 Å². The van der Waals surface area contributed by atoms with E-state index in [1.54, 1.807) is 37.3 Å². The molecule has 0 saturated carbocycles. The molecule has 1 atom stereocenters. The number of carbonyl (C=O) groups is 2. The second-order valence-corrected chi connectivity index (χ2v) is 4.33.